The average Bonchev–Trinajstić information content (AvgIpc) is 3.00. The Labute approximate surface area is 141 Å². The molecule has 1 N–H and O–H groups in total. The summed E-state index contributed by atoms with van der Waals surface area (Å²) in [7, 11) is 0. The molecule has 2 rings (SSSR count). The summed E-state index contributed by atoms with van der Waals surface area (Å²) in [6.45, 7) is 4.90. The van der Waals surface area contributed by atoms with Crippen LogP contribution in [0.3, 0.4) is 0 Å². The molecule has 132 valence electrons. The second kappa shape index (κ2) is 7.64. The summed E-state index contributed by atoms with van der Waals surface area (Å²) in [5.41, 5.74) is -0.833. The maximum Gasteiger partial charge on any atom is 0.311 e. The van der Waals surface area contributed by atoms with Gasteiger partial charge in [-0.25, -0.2) is 4.39 Å². The first-order chi connectivity index (χ1) is 11.3. The van der Waals surface area contributed by atoms with Crippen LogP contribution >= 0.6 is 0 Å². The van der Waals surface area contributed by atoms with E-state index >= 15 is 0 Å². The van der Waals surface area contributed by atoms with Crippen LogP contribution in [0.1, 0.15) is 33.1 Å². The first-order valence-electron chi connectivity index (χ1n) is 8.25. The Hall–Kier alpha value is -2.11. The van der Waals surface area contributed by atoms with Gasteiger partial charge in [0.05, 0.1) is 12.0 Å². The lowest BCUT2D eigenvalue weighted by Gasteiger charge is -2.28. The highest BCUT2D eigenvalue weighted by Crippen LogP contribution is 2.38. The fourth-order valence-corrected chi connectivity index (χ4v) is 3.04. The monoisotopic (exact) mass is 337 g/mol. The molecule has 24 heavy (non-hydrogen) atoms. The van der Waals surface area contributed by atoms with Gasteiger partial charge < -0.3 is 14.7 Å². The molecule has 1 amide bonds. The van der Waals surface area contributed by atoms with Crippen LogP contribution in [0.5, 0.6) is 5.75 Å². The fourth-order valence-electron chi connectivity index (χ4n) is 3.04. The summed E-state index contributed by atoms with van der Waals surface area (Å²) in [5, 5.41) is 9.51. The van der Waals surface area contributed by atoms with E-state index in [1.807, 2.05) is 13.8 Å². The van der Waals surface area contributed by atoms with Crippen LogP contribution < -0.4 is 4.74 Å². The van der Waals surface area contributed by atoms with Crippen LogP contribution in [0, 0.1) is 17.2 Å². The minimum Gasteiger partial charge on any atom is -0.494 e. The highest BCUT2D eigenvalue weighted by Gasteiger charge is 2.48. The van der Waals surface area contributed by atoms with Gasteiger partial charge in [-0.1, -0.05) is 13.8 Å². The van der Waals surface area contributed by atoms with Crippen molar-refractivity contribution in [3.05, 3.63) is 30.1 Å². The lowest BCUT2D eigenvalue weighted by Crippen LogP contribution is -2.40. The van der Waals surface area contributed by atoms with E-state index in [1.54, 1.807) is 17.0 Å². The minimum absolute atomic E-state index is 0.0189. The third-order valence-electron chi connectivity index (χ3n) is 4.80. The Bertz CT molecular complexity index is 587. The van der Waals surface area contributed by atoms with Crippen molar-refractivity contribution < 1.29 is 23.8 Å². The molecule has 1 unspecified atom stereocenters. The number of benzene rings is 1. The van der Waals surface area contributed by atoms with Gasteiger partial charge in [0.15, 0.2) is 0 Å². The molecule has 1 atom stereocenters. The Morgan fingerprint density at radius 3 is 2.54 bits per heavy atom. The number of amides is 1. The first kappa shape index (κ1) is 18.2. The number of carboxylic acid groups (broad SMARTS) is 1. The normalized spacial score (nSPS) is 20.4. The first-order valence-corrected chi connectivity index (χ1v) is 8.25. The molecule has 1 heterocycles. The van der Waals surface area contributed by atoms with E-state index in [9.17, 15) is 19.1 Å². The average molecular weight is 337 g/mol. The second-order valence-corrected chi connectivity index (χ2v) is 6.59. The smallest absolute Gasteiger partial charge is 0.311 e. The third kappa shape index (κ3) is 4.04. The molecule has 1 aliphatic heterocycles. The van der Waals surface area contributed by atoms with E-state index in [2.05, 4.69) is 0 Å². The number of hydrogen-bond acceptors (Lipinski definition) is 3. The molecular formula is C18H24FNO4. The molecule has 0 saturated carbocycles. The lowest BCUT2D eigenvalue weighted by molar-refractivity contribution is -0.151. The topological polar surface area (TPSA) is 66.8 Å². The van der Waals surface area contributed by atoms with E-state index in [0.717, 1.165) is 0 Å². The zero-order valence-corrected chi connectivity index (χ0v) is 14.1. The van der Waals surface area contributed by atoms with Gasteiger partial charge in [0.25, 0.3) is 0 Å². The van der Waals surface area contributed by atoms with Gasteiger partial charge in [0.1, 0.15) is 11.6 Å². The van der Waals surface area contributed by atoms with Gasteiger partial charge >= 0.3 is 5.97 Å². The van der Waals surface area contributed by atoms with Gasteiger partial charge in [-0.3, -0.25) is 9.59 Å². The SMILES string of the molecule is CC(C)C1(C(=O)O)CCN(C(=O)CCCOc2ccc(F)cc2)C1. The molecule has 0 aromatic heterocycles. The molecule has 1 aromatic carbocycles. The summed E-state index contributed by atoms with van der Waals surface area (Å²) in [6, 6.07) is 5.73. The van der Waals surface area contributed by atoms with E-state index in [0.29, 0.717) is 38.2 Å². The number of carbonyl (C=O) groups excluding carboxylic acids is 1. The lowest BCUT2D eigenvalue weighted by atomic mass is 9.76. The predicted molar refractivity (Wildman–Crippen MR) is 87.2 cm³/mol. The summed E-state index contributed by atoms with van der Waals surface area (Å²) in [6.07, 6.45) is 1.35. The Balaban J connectivity index is 1.77. The van der Waals surface area contributed by atoms with Crippen LogP contribution in [0.15, 0.2) is 24.3 Å². The highest BCUT2D eigenvalue weighted by atomic mass is 19.1. The molecule has 1 aliphatic rings. The highest BCUT2D eigenvalue weighted by molar-refractivity contribution is 5.80. The quantitative estimate of drug-likeness (QED) is 0.777. The second-order valence-electron chi connectivity index (χ2n) is 6.59. The number of nitrogens with zero attached hydrogens (tertiary/aromatic N) is 1. The zero-order chi connectivity index (χ0) is 17.7. The van der Waals surface area contributed by atoms with Gasteiger partial charge in [-0.2, -0.15) is 0 Å². The maximum atomic E-state index is 12.8. The largest absolute Gasteiger partial charge is 0.494 e. The van der Waals surface area contributed by atoms with Crippen LogP contribution in [0.2, 0.25) is 0 Å². The Kier molecular flexibility index (Phi) is 5.80. The molecule has 0 aliphatic carbocycles. The third-order valence-corrected chi connectivity index (χ3v) is 4.80. The summed E-state index contributed by atoms with van der Waals surface area (Å²) in [4.78, 5) is 25.5. The van der Waals surface area contributed by atoms with E-state index < -0.39 is 11.4 Å². The van der Waals surface area contributed by atoms with Crippen molar-refractivity contribution in [2.45, 2.75) is 33.1 Å². The summed E-state index contributed by atoms with van der Waals surface area (Å²) < 4.78 is 18.2. The zero-order valence-electron chi connectivity index (χ0n) is 14.1. The number of halogens is 1. The number of carbonyl (C=O) groups is 2. The number of rotatable bonds is 7. The Morgan fingerprint density at radius 1 is 1.33 bits per heavy atom. The van der Waals surface area contributed by atoms with Gasteiger partial charge in [-0.05, 0) is 43.0 Å². The molecule has 1 fully saturated rings. The molecule has 5 nitrogen and oxygen atoms in total. The molecule has 0 bridgehead atoms. The maximum absolute atomic E-state index is 12.8. The molecule has 0 radical (unpaired) electrons. The van der Waals surface area contributed by atoms with Crippen molar-refractivity contribution in [1.29, 1.82) is 0 Å². The Morgan fingerprint density at radius 2 is 2.00 bits per heavy atom. The van der Waals surface area contributed by atoms with E-state index in [1.165, 1.54) is 12.1 Å². The van der Waals surface area contributed by atoms with Crippen molar-refractivity contribution in [3.8, 4) is 5.75 Å². The number of aliphatic carboxylic acids is 1. The molecule has 6 heteroatoms. The van der Waals surface area contributed by atoms with Gasteiger partial charge in [0.2, 0.25) is 5.91 Å². The molecule has 1 aromatic rings. The van der Waals surface area contributed by atoms with E-state index in [-0.39, 0.29) is 24.2 Å². The molecular weight excluding hydrogens is 313 g/mol. The van der Waals surface area contributed by atoms with Crippen LogP contribution in [-0.2, 0) is 9.59 Å². The van der Waals surface area contributed by atoms with Crippen molar-refractivity contribution in [2.24, 2.45) is 11.3 Å². The number of hydrogen-bond donors (Lipinski definition) is 1. The van der Waals surface area contributed by atoms with E-state index in [4.69, 9.17) is 4.74 Å². The predicted octanol–water partition coefficient (Wildman–Crippen LogP) is 2.94. The fraction of sp³-hybridized carbons (Fsp3) is 0.556. The number of likely N-dealkylation sites (tertiary alicyclic amines) is 1. The number of ether oxygens (including phenoxy) is 1. The van der Waals surface area contributed by atoms with Crippen molar-refractivity contribution in [2.75, 3.05) is 19.7 Å². The van der Waals surface area contributed by atoms with Crippen molar-refractivity contribution in [1.82, 2.24) is 4.90 Å². The molecule has 0 spiro atoms. The van der Waals surface area contributed by atoms with Crippen molar-refractivity contribution >= 4 is 11.9 Å². The van der Waals surface area contributed by atoms with Gasteiger partial charge in [0, 0.05) is 19.5 Å². The van der Waals surface area contributed by atoms with Crippen LogP contribution in [-0.4, -0.2) is 41.6 Å². The standard InChI is InChI=1S/C18H24FNO4/c1-13(2)18(17(22)23)9-10-20(12-18)16(21)4-3-11-24-15-7-5-14(19)6-8-15/h5-8,13H,3-4,9-12H2,1-2H3,(H,22,23). The summed E-state index contributed by atoms with van der Waals surface area (Å²) >= 11 is 0. The van der Waals surface area contributed by atoms with Crippen LogP contribution in [0.25, 0.3) is 0 Å². The number of carboxylic acids is 1. The van der Waals surface area contributed by atoms with Crippen molar-refractivity contribution in [3.63, 3.8) is 0 Å². The van der Waals surface area contributed by atoms with Crippen LogP contribution in [0.4, 0.5) is 4.39 Å². The minimum atomic E-state index is -0.833. The van der Waals surface area contributed by atoms with Gasteiger partial charge in [-0.15, -0.1) is 0 Å². The summed E-state index contributed by atoms with van der Waals surface area (Å²) in [5.74, 6) is -0.642. The molecule has 1 saturated heterocycles.